The number of amides is 1. The minimum Gasteiger partial charge on any atom is -0.353 e. The van der Waals surface area contributed by atoms with Crippen molar-refractivity contribution in [3.8, 4) is 0 Å². The molecule has 1 aromatic carbocycles. The summed E-state index contributed by atoms with van der Waals surface area (Å²) in [4.78, 5) is 14.6. The summed E-state index contributed by atoms with van der Waals surface area (Å²) in [6, 6.07) is 10.3. The zero-order valence-electron chi connectivity index (χ0n) is 13.8. The molecule has 4 nitrogen and oxygen atoms in total. The highest BCUT2D eigenvalue weighted by Gasteiger charge is 2.24. The maximum absolute atomic E-state index is 12.2. The monoisotopic (exact) mass is 303 g/mol. The fourth-order valence-electron chi connectivity index (χ4n) is 3.13. The third-order valence-corrected chi connectivity index (χ3v) is 4.30. The lowest BCUT2D eigenvalue weighted by atomic mass is 10.0. The van der Waals surface area contributed by atoms with E-state index < -0.39 is 6.04 Å². The smallest absolute Gasteiger partial charge is 0.236 e. The quantitative estimate of drug-likeness (QED) is 0.812. The number of carbonyl (C=O) groups excluding carboxylic acids is 1. The Morgan fingerprint density at radius 1 is 1.23 bits per heavy atom. The Morgan fingerprint density at radius 2 is 1.86 bits per heavy atom. The lowest BCUT2D eigenvalue weighted by Crippen LogP contribution is -2.44. The van der Waals surface area contributed by atoms with Gasteiger partial charge >= 0.3 is 0 Å². The van der Waals surface area contributed by atoms with Crippen molar-refractivity contribution >= 4 is 5.91 Å². The molecule has 1 amide bonds. The Morgan fingerprint density at radius 3 is 2.45 bits per heavy atom. The lowest BCUT2D eigenvalue weighted by molar-refractivity contribution is -0.122. The molecule has 0 saturated carbocycles. The van der Waals surface area contributed by atoms with Gasteiger partial charge in [-0.25, -0.2) is 0 Å². The number of carbonyl (C=O) groups is 1. The van der Waals surface area contributed by atoms with E-state index in [9.17, 15) is 4.79 Å². The predicted molar refractivity (Wildman–Crippen MR) is 90.4 cm³/mol. The number of nitrogens with zero attached hydrogens (tertiary/aromatic N) is 1. The molecule has 0 radical (unpaired) electrons. The molecule has 2 rings (SSSR count). The van der Waals surface area contributed by atoms with Crippen LogP contribution >= 0.6 is 0 Å². The van der Waals surface area contributed by atoms with E-state index >= 15 is 0 Å². The zero-order valence-corrected chi connectivity index (χ0v) is 13.8. The fourth-order valence-corrected chi connectivity index (χ4v) is 3.13. The minimum absolute atomic E-state index is 0.0335. The van der Waals surface area contributed by atoms with Crippen molar-refractivity contribution in [2.45, 2.75) is 45.2 Å². The summed E-state index contributed by atoms with van der Waals surface area (Å²) in [5.74, 6) is 0.401. The number of likely N-dealkylation sites (tertiary alicyclic amines) is 1. The first kappa shape index (κ1) is 17.0. The summed E-state index contributed by atoms with van der Waals surface area (Å²) < 4.78 is 0. The van der Waals surface area contributed by atoms with Crippen LogP contribution in [0.4, 0.5) is 0 Å². The van der Waals surface area contributed by atoms with E-state index in [0.29, 0.717) is 12.5 Å². The largest absolute Gasteiger partial charge is 0.353 e. The molecule has 0 spiro atoms. The van der Waals surface area contributed by atoms with Gasteiger partial charge in [0.15, 0.2) is 0 Å². The van der Waals surface area contributed by atoms with E-state index in [-0.39, 0.29) is 11.9 Å². The Kier molecular flexibility index (Phi) is 6.40. The first-order valence-electron chi connectivity index (χ1n) is 8.40. The molecule has 1 unspecified atom stereocenters. The number of hydrogen-bond donors (Lipinski definition) is 2. The molecular weight excluding hydrogens is 274 g/mol. The summed E-state index contributed by atoms with van der Waals surface area (Å²) in [5.41, 5.74) is 7.24. The van der Waals surface area contributed by atoms with Gasteiger partial charge in [-0.2, -0.15) is 0 Å². The predicted octanol–water partition coefficient (Wildman–Crippen LogP) is 2.31. The average Bonchev–Trinajstić information content (AvgIpc) is 3.02. The highest BCUT2D eigenvalue weighted by atomic mass is 16.2. The molecule has 0 bridgehead atoms. The van der Waals surface area contributed by atoms with E-state index in [2.05, 4.69) is 48.3 Å². The van der Waals surface area contributed by atoms with Gasteiger partial charge in [-0.1, -0.05) is 44.2 Å². The van der Waals surface area contributed by atoms with Gasteiger partial charge in [0.05, 0.1) is 12.1 Å². The van der Waals surface area contributed by atoms with Crippen LogP contribution in [0.15, 0.2) is 30.3 Å². The number of nitrogens with two attached hydrogens (primary N) is 1. The van der Waals surface area contributed by atoms with Crippen LogP contribution in [-0.2, 0) is 4.79 Å². The minimum atomic E-state index is -0.407. The zero-order chi connectivity index (χ0) is 15.9. The van der Waals surface area contributed by atoms with Crippen LogP contribution in [0.5, 0.6) is 0 Å². The average molecular weight is 303 g/mol. The Labute approximate surface area is 134 Å². The number of benzene rings is 1. The molecule has 22 heavy (non-hydrogen) atoms. The highest BCUT2D eigenvalue weighted by Crippen LogP contribution is 2.24. The van der Waals surface area contributed by atoms with E-state index in [1.807, 2.05) is 6.07 Å². The second-order valence-corrected chi connectivity index (χ2v) is 6.65. The molecule has 122 valence electrons. The second kappa shape index (κ2) is 8.30. The summed E-state index contributed by atoms with van der Waals surface area (Å²) in [7, 11) is 0. The molecule has 1 aliphatic rings. The third-order valence-electron chi connectivity index (χ3n) is 4.30. The van der Waals surface area contributed by atoms with Crippen molar-refractivity contribution in [3.05, 3.63) is 35.9 Å². The summed E-state index contributed by atoms with van der Waals surface area (Å²) >= 11 is 0. The maximum atomic E-state index is 12.2. The molecule has 1 heterocycles. The van der Waals surface area contributed by atoms with E-state index in [0.717, 1.165) is 19.5 Å². The van der Waals surface area contributed by atoms with Crippen LogP contribution < -0.4 is 11.1 Å². The number of rotatable bonds is 7. The second-order valence-electron chi connectivity index (χ2n) is 6.65. The number of hydrogen-bond acceptors (Lipinski definition) is 3. The fraction of sp³-hybridized carbons (Fsp3) is 0.611. The van der Waals surface area contributed by atoms with Crippen LogP contribution in [0.25, 0.3) is 0 Å². The van der Waals surface area contributed by atoms with Gasteiger partial charge in [0.1, 0.15) is 0 Å². The van der Waals surface area contributed by atoms with Gasteiger partial charge < -0.3 is 11.1 Å². The van der Waals surface area contributed by atoms with Crippen LogP contribution in [0, 0.1) is 5.92 Å². The Bertz CT molecular complexity index is 455. The summed E-state index contributed by atoms with van der Waals surface area (Å²) in [6.07, 6.45) is 3.21. The van der Waals surface area contributed by atoms with Crippen LogP contribution in [0.3, 0.4) is 0 Å². The molecule has 1 saturated heterocycles. The lowest BCUT2D eigenvalue weighted by Gasteiger charge is -2.28. The van der Waals surface area contributed by atoms with Gasteiger partial charge in [0.2, 0.25) is 5.91 Å². The van der Waals surface area contributed by atoms with E-state index in [4.69, 9.17) is 5.73 Å². The summed E-state index contributed by atoms with van der Waals surface area (Å²) in [6.45, 7) is 7.02. The highest BCUT2D eigenvalue weighted by molar-refractivity contribution is 5.81. The van der Waals surface area contributed by atoms with Crippen molar-refractivity contribution in [2.24, 2.45) is 11.7 Å². The van der Waals surface area contributed by atoms with Crippen molar-refractivity contribution in [3.63, 3.8) is 0 Å². The van der Waals surface area contributed by atoms with Crippen molar-refractivity contribution in [1.29, 1.82) is 0 Å². The van der Waals surface area contributed by atoms with Crippen molar-refractivity contribution in [1.82, 2.24) is 10.2 Å². The van der Waals surface area contributed by atoms with Gasteiger partial charge in [0, 0.05) is 6.54 Å². The van der Waals surface area contributed by atoms with Gasteiger partial charge in [-0.15, -0.1) is 0 Å². The molecule has 1 aliphatic heterocycles. The number of nitrogens with one attached hydrogen (secondary N) is 1. The standard InChI is InChI=1S/C18H29N3O/c1-14(2)12-16(19)18(22)20-13-17(21-10-6-7-11-21)15-8-4-3-5-9-15/h3-5,8-9,14,16-17H,6-7,10-13,19H2,1-2H3,(H,20,22)/t16-,17?/m0/s1. The third kappa shape index (κ3) is 4.82. The van der Waals surface area contributed by atoms with Gasteiger partial charge in [-0.3, -0.25) is 9.69 Å². The maximum Gasteiger partial charge on any atom is 0.236 e. The topological polar surface area (TPSA) is 58.4 Å². The Hall–Kier alpha value is -1.39. The van der Waals surface area contributed by atoms with Crippen LogP contribution in [0.2, 0.25) is 0 Å². The van der Waals surface area contributed by atoms with Gasteiger partial charge in [-0.05, 0) is 43.8 Å². The molecular formula is C18H29N3O. The SMILES string of the molecule is CC(C)C[C@H](N)C(=O)NCC(c1ccccc1)N1CCCC1. The summed E-state index contributed by atoms with van der Waals surface area (Å²) in [5, 5.41) is 3.06. The van der Waals surface area contributed by atoms with Crippen LogP contribution in [-0.4, -0.2) is 36.5 Å². The van der Waals surface area contributed by atoms with Crippen molar-refractivity contribution < 1.29 is 4.79 Å². The van der Waals surface area contributed by atoms with Crippen LogP contribution in [0.1, 0.15) is 44.7 Å². The molecule has 4 heteroatoms. The first-order chi connectivity index (χ1) is 10.6. The van der Waals surface area contributed by atoms with Gasteiger partial charge in [0.25, 0.3) is 0 Å². The normalized spacial score (nSPS) is 18.4. The first-order valence-corrected chi connectivity index (χ1v) is 8.40. The molecule has 0 aliphatic carbocycles. The van der Waals surface area contributed by atoms with E-state index in [1.54, 1.807) is 0 Å². The molecule has 3 N–H and O–H groups in total. The van der Waals surface area contributed by atoms with Crippen molar-refractivity contribution in [2.75, 3.05) is 19.6 Å². The molecule has 0 aromatic heterocycles. The Balaban J connectivity index is 1.97. The van der Waals surface area contributed by atoms with E-state index in [1.165, 1.54) is 18.4 Å². The molecule has 1 aromatic rings. The molecule has 2 atom stereocenters. The molecule has 1 fully saturated rings.